The van der Waals surface area contributed by atoms with Crippen molar-refractivity contribution in [2.75, 3.05) is 39.6 Å². The second kappa shape index (κ2) is 5.97. The van der Waals surface area contributed by atoms with E-state index in [9.17, 15) is 4.79 Å². The fraction of sp³-hybridized carbons (Fsp3) is 0.929. The van der Waals surface area contributed by atoms with Crippen LogP contribution in [0.3, 0.4) is 0 Å². The van der Waals surface area contributed by atoms with Crippen molar-refractivity contribution < 1.29 is 24.1 Å². The molecule has 0 aromatic carbocycles. The van der Waals surface area contributed by atoms with Crippen LogP contribution in [-0.4, -0.2) is 73.2 Å². The summed E-state index contributed by atoms with van der Waals surface area (Å²) in [7, 11) is 0. The Morgan fingerprint density at radius 1 is 1.30 bits per heavy atom. The minimum Gasteiger partial charge on any atom is -0.481 e. The summed E-state index contributed by atoms with van der Waals surface area (Å²) < 4.78 is 16.9. The molecule has 3 unspecified atom stereocenters. The third-order valence-electron chi connectivity index (χ3n) is 4.69. The SMILES string of the molecule is O=C(O)CC1COCCN1C1CCOC2(CCOC2)C1. The maximum absolute atomic E-state index is 11.0. The van der Waals surface area contributed by atoms with Crippen LogP contribution < -0.4 is 0 Å². The predicted molar refractivity (Wildman–Crippen MR) is 70.7 cm³/mol. The molecule has 3 fully saturated rings. The number of carboxylic acids is 1. The van der Waals surface area contributed by atoms with Gasteiger partial charge in [-0.3, -0.25) is 9.69 Å². The second-order valence-corrected chi connectivity index (χ2v) is 6.05. The van der Waals surface area contributed by atoms with Crippen LogP contribution in [0, 0.1) is 0 Å². The summed E-state index contributed by atoms with van der Waals surface area (Å²) in [6, 6.07) is 0.377. The monoisotopic (exact) mass is 285 g/mol. The molecule has 6 nitrogen and oxygen atoms in total. The summed E-state index contributed by atoms with van der Waals surface area (Å²) in [6.45, 7) is 4.22. The Kier molecular flexibility index (Phi) is 4.26. The zero-order chi connectivity index (χ0) is 14.0. The smallest absolute Gasteiger partial charge is 0.305 e. The Hall–Kier alpha value is -0.690. The topological polar surface area (TPSA) is 68.2 Å². The second-order valence-electron chi connectivity index (χ2n) is 6.05. The van der Waals surface area contributed by atoms with E-state index in [1.54, 1.807) is 0 Å². The molecule has 1 spiro atoms. The molecule has 0 aromatic rings. The van der Waals surface area contributed by atoms with E-state index in [4.69, 9.17) is 19.3 Å². The molecule has 3 aliphatic rings. The molecule has 0 saturated carbocycles. The van der Waals surface area contributed by atoms with E-state index in [1.165, 1.54) is 0 Å². The molecule has 0 aromatic heterocycles. The number of hydrogen-bond acceptors (Lipinski definition) is 5. The van der Waals surface area contributed by atoms with Crippen LogP contribution >= 0.6 is 0 Å². The van der Waals surface area contributed by atoms with Gasteiger partial charge in [0.05, 0.1) is 31.8 Å². The average Bonchev–Trinajstić information content (AvgIpc) is 2.87. The fourth-order valence-corrected chi connectivity index (χ4v) is 3.67. The van der Waals surface area contributed by atoms with Gasteiger partial charge >= 0.3 is 5.97 Å². The number of rotatable bonds is 3. The predicted octanol–water partition coefficient (Wildman–Crippen LogP) is 0.500. The van der Waals surface area contributed by atoms with E-state index in [-0.39, 0.29) is 18.1 Å². The molecule has 6 heteroatoms. The van der Waals surface area contributed by atoms with Gasteiger partial charge < -0.3 is 19.3 Å². The van der Waals surface area contributed by atoms with Crippen LogP contribution in [0.2, 0.25) is 0 Å². The summed E-state index contributed by atoms with van der Waals surface area (Å²) in [4.78, 5) is 13.4. The minimum absolute atomic E-state index is 0.0104. The zero-order valence-electron chi connectivity index (χ0n) is 11.8. The molecule has 3 atom stereocenters. The van der Waals surface area contributed by atoms with Crippen molar-refractivity contribution in [2.45, 2.75) is 43.4 Å². The van der Waals surface area contributed by atoms with Crippen molar-refractivity contribution in [2.24, 2.45) is 0 Å². The lowest BCUT2D eigenvalue weighted by Gasteiger charge is -2.46. The van der Waals surface area contributed by atoms with Crippen LogP contribution in [0.4, 0.5) is 0 Å². The van der Waals surface area contributed by atoms with Crippen molar-refractivity contribution in [3.63, 3.8) is 0 Å². The normalized spacial score (nSPS) is 39.2. The number of nitrogens with zero attached hydrogens (tertiary/aromatic N) is 1. The van der Waals surface area contributed by atoms with E-state index in [1.807, 2.05) is 0 Å². The third-order valence-corrected chi connectivity index (χ3v) is 4.69. The van der Waals surface area contributed by atoms with Crippen LogP contribution in [0.5, 0.6) is 0 Å². The highest BCUT2D eigenvalue weighted by molar-refractivity contribution is 5.67. The molecule has 3 aliphatic heterocycles. The van der Waals surface area contributed by atoms with Crippen molar-refractivity contribution in [1.82, 2.24) is 4.90 Å². The third kappa shape index (κ3) is 2.98. The van der Waals surface area contributed by atoms with E-state index in [2.05, 4.69) is 4.90 Å². The minimum atomic E-state index is -0.753. The maximum Gasteiger partial charge on any atom is 0.305 e. The fourth-order valence-electron chi connectivity index (χ4n) is 3.67. The van der Waals surface area contributed by atoms with Crippen molar-refractivity contribution in [1.29, 1.82) is 0 Å². The Bertz CT molecular complexity index is 355. The molecule has 0 radical (unpaired) electrons. The van der Waals surface area contributed by atoms with E-state index in [0.717, 1.165) is 39.0 Å². The van der Waals surface area contributed by atoms with Crippen LogP contribution in [0.25, 0.3) is 0 Å². The number of ether oxygens (including phenoxy) is 3. The van der Waals surface area contributed by atoms with Crippen molar-refractivity contribution >= 4 is 5.97 Å². The first-order valence-electron chi connectivity index (χ1n) is 7.46. The summed E-state index contributed by atoms with van der Waals surface area (Å²) in [5.74, 6) is -0.753. The molecule has 3 saturated heterocycles. The molecular formula is C14H23NO5. The standard InChI is InChI=1S/C14H23NO5/c16-13(17)7-12-9-18-6-3-15(12)11-1-4-20-14(8-11)2-5-19-10-14/h11-12H,1-10H2,(H,16,17). The molecule has 3 rings (SSSR count). The number of carboxylic acid groups (broad SMARTS) is 1. The molecular weight excluding hydrogens is 262 g/mol. The number of aliphatic carboxylic acids is 1. The van der Waals surface area contributed by atoms with Gasteiger partial charge in [-0.2, -0.15) is 0 Å². The molecule has 114 valence electrons. The Morgan fingerprint density at radius 2 is 2.20 bits per heavy atom. The molecule has 3 heterocycles. The van der Waals surface area contributed by atoms with E-state index < -0.39 is 5.97 Å². The highest BCUT2D eigenvalue weighted by Gasteiger charge is 2.44. The maximum atomic E-state index is 11.0. The lowest BCUT2D eigenvalue weighted by Crippen LogP contribution is -2.56. The summed E-state index contributed by atoms with van der Waals surface area (Å²) in [6.07, 6.45) is 3.03. The largest absolute Gasteiger partial charge is 0.481 e. The van der Waals surface area contributed by atoms with Gasteiger partial charge in [0.25, 0.3) is 0 Å². The van der Waals surface area contributed by atoms with Gasteiger partial charge in [-0.05, 0) is 12.8 Å². The highest BCUT2D eigenvalue weighted by Crippen LogP contribution is 2.36. The average molecular weight is 285 g/mol. The van der Waals surface area contributed by atoms with Crippen LogP contribution in [-0.2, 0) is 19.0 Å². The molecule has 20 heavy (non-hydrogen) atoms. The van der Waals surface area contributed by atoms with Gasteiger partial charge in [-0.1, -0.05) is 0 Å². The van der Waals surface area contributed by atoms with Gasteiger partial charge in [0.1, 0.15) is 0 Å². The number of morpholine rings is 1. The molecule has 1 N–H and O–H groups in total. The van der Waals surface area contributed by atoms with Gasteiger partial charge in [-0.25, -0.2) is 0 Å². The zero-order valence-corrected chi connectivity index (χ0v) is 11.8. The van der Waals surface area contributed by atoms with Gasteiger partial charge in [0, 0.05) is 38.3 Å². The first-order valence-corrected chi connectivity index (χ1v) is 7.46. The van der Waals surface area contributed by atoms with Gasteiger partial charge in [0.15, 0.2) is 0 Å². The molecule has 0 amide bonds. The van der Waals surface area contributed by atoms with Gasteiger partial charge in [0.2, 0.25) is 0 Å². The Labute approximate surface area is 119 Å². The lowest BCUT2D eigenvalue weighted by atomic mass is 9.88. The van der Waals surface area contributed by atoms with E-state index in [0.29, 0.717) is 25.9 Å². The summed E-state index contributed by atoms with van der Waals surface area (Å²) in [5.41, 5.74) is -0.130. The quantitative estimate of drug-likeness (QED) is 0.814. The molecule has 0 aliphatic carbocycles. The summed E-state index contributed by atoms with van der Waals surface area (Å²) >= 11 is 0. The van der Waals surface area contributed by atoms with Crippen molar-refractivity contribution in [3.05, 3.63) is 0 Å². The highest BCUT2D eigenvalue weighted by atomic mass is 16.6. The Balaban J connectivity index is 1.67. The van der Waals surface area contributed by atoms with Crippen LogP contribution in [0.1, 0.15) is 25.7 Å². The number of hydrogen-bond donors (Lipinski definition) is 1. The molecule has 0 bridgehead atoms. The number of carbonyl (C=O) groups is 1. The van der Waals surface area contributed by atoms with E-state index >= 15 is 0 Å². The van der Waals surface area contributed by atoms with Crippen molar-refractivity contribution in [3.8, 4) is 0 Å². The summed E-state index contributed by atoms with van der Waals surface area (Å²) in [5, 5.41) is 9.06. The Morgan fingerprint density at radius 3 is 2.95 bits per heavy atom. The lowest BCUT2D eigenvalue weighted by molar-refractivity contribution is -0.145. The van der Waals surface area contributed by atoms with Crippen LogP contribution in [0.15, 0.2) is 0 Å². The first-order chi connectivity index (χ1) is 9.69. The van der Waals surface area contributed by atoms with Gasteiger partial charge in [-0.15, -0.1) is 0 Å². The first kappa shape index (κ1) is 14.3.